The fourth-order valence-electron chi connectivity index (χ4n) is 3.85. The average Bonchev–Trinajstić information content (AvgIpc) is 2.98. The third-order valence-electron chi connectivity index (χ3n) is 5.70. The van der Waals surface area contributed by atoms with Crippen molar-refractivity contribution in [2.45, 2.75) is 19.9 Å². The SMILES string of the molecule is Cc1ccc(CNC(=O)c2ccc(Nc3ncc4c(n3)-c3ccc(Cl)cc3NC(=O)C4)cc2)cc1. The molecule has 0 saturated carbocycles. The second-order valence-corrected chi connectivity index (χ2v) is 8.79. The van der Waals surface area contributed by atoms with Crippen LogP contribution in [0.5, 0.6) is 0 Å². The van der Waals surface area contributed by atoms with Crippen LogP contribution in [0.3, 0.4) is 0 Å². The number of nitrogens with zero attached hydrogens (tertiary/aromatic N) is 2. The van der Waals surface area contributed by atoms with E-state index in [0.717, 1.165) is 22.4 Å². The van der Waals surface area contributed by atoms with Crippen molar-refractivity contribution >= 4 is 40.7 Å². The van der Waals surface area contributed by atoms with Gasteiger partial charge < -0.3 is 16.0 Å². The molecule has 174 valence electrons. The van der Waals surface area contributed by atoms with Gasteiger partial charge in [0.15, 0.2) is 0 Å². The maximum Gasteiger partial charge on any atom is 0.251 e. The number of aryl methyl sites for hydroxylation is 1. The van der Waals surface area contributed by atoms with E-state index in [4.69, 9.17) is 11.6 Å². The van der Waals surface area contributed by atoms with E-state index in [1.165, 1.54) is 5.56 Å². The largest absolute Gasteiger partial charge is 0.348 e. The third-order valence-corrected chi connectivity index (χ3v) is 5.94. The van der Waals surface area contributed by atoms with Gasteiger partial charge in [0.1, 0.15) is 0 Å². The zero-order valence-electron chi connectivity index (χ0n) is 18.9. The van der Waals surface area contributed by atoms with Gasteiger partial charge in [-0.05, 0) is 55.0 Å². The van der Waals surface area contributed by atoms with Crippen LogP contribution in [0.25, 0.3) is 11.3 Å². The molecule has 0 atom stereocenters. The Bertz CT molecular complexity index is 1420. The van der Waals surface area contributed by atoms with Gasteiger partial charge in [0, 0.05) is 40.1 Å². The Morgan fingerprint density at radius 2 is 1.83 bits per heavy atom. The van der Waals surface area contributed by atoms with E-state index in [-0.39, 0.29) is 18.2 Å². The van der Waals surface area contributed by atoms with Gasteiger partial charge in [-0.25, -0.2) is 9.97 Å². The molecule has 0 spiro atoms. The Morgan fingerprint density at radius 1 is 1.06 bits per heavy atom. The summed E-state index contributed by atoms with van der Waals surface area (Å²) in [7, 11) is 0. The molecule has 0 bridgehead atoms. The van der Waals surface area contributed by atoms with Crippen LogP contribution in [0, 0.1) is 6.92 Å². The van der Waals surface area contributed by atoms with Gasteiger partial charge in [-0.15, -0.1) is 0 Å². The van der Waals surface area contributed by atoms with Crippen LogP contribution in [0.15, 0.2) is 72.9 Å². The molecular formula is C27H22ClN5O2. The molecule has 2 amide bonds. The van der Waals surface area contributed by atoms with Gasteiger partial charge in [-0.1, -0.05) is 41.4 Å². The molecule has 0 unspecified atom stereocenters. The number of halogens is 1. The number of benzene rings is 3. The fourth-order valence-corrected chi connectivity index (χ4v) is 4.02. The first kappa shape index (κ1) is 22.6. The van der Waals surface area contributed by atoms with Crippen molar-refractivity contribution in [1.29, 1.82) is 0 Å². The molecule has 3 aromatic carbocycles. The van der Waals surface area contributed by atoms with Crippen molar-refractivity contribution in [3.05, 3.63) is 100 Å². The Labute approximate surface area is 207 Å². The number of carbonyl (C=O) groups excluding carboxylic acids is 2. The molecule has 0 aliphatic carbocycles. The Morgan fingerprint density at radius 3 is 2.60 bits per heavy atom. The van der Waals surface area contributed by atoms with Crippen molar-refractivity contribution in [3.8, 4) is 11.3 Å². The number of fused-ring (bicyclic) bond motifs is 3. The Kier molecular flexibility index (Phi) is 6.16. The minimum atomic E-state index is -0.147. The molecule has 3 N–H and O–H groups in total. The minimum Gasteiger partial charge on any atom is -0.348 e. The monoisotopic (exact) mass is 483 g/mol. The van der Waals surface area contributed by atoms with Gasteiger partial charge in [0.25, 0.3) is 5.91 Å². The second-order valence-electron chi connectivity index (χ2n) is 8.35. The van der Waals surface area contributed by atoms with E-state index in [9.17, 15) is 9.59 Å². The molecule has 0 saturated heterocycles. The molecule has 1 aliphatic rings. The van der Waals surface area contributed by atoms with Gasteiger partial charge in [0.2, 0.25) is 11.9 Å². The summed E-state index contributed by atoms with van der Waals surface area (Å²) < 4.78 is 0. The number of anilines is 3. The highest BCUT2D eigenvalue weighted by molar-refractivity contribution is 6.31. The van der Waals surface area contributed by atoms with Crippen LogP contribution in [0.4, 0.5) is 17.3 Å². The van der Waals surface area contributed by atoms with Crippen molar-refractivity contribution in [2.24, 2.45) is 0 Å². The molecule has 5 rings (SSSR count). The van der Waals surface area contributed by atoms with Crippen LogP contribution >= 0.6 is 11.6 Å². The maximum absolute atomic E-state index is 12.5. The lowest BCUT2D eigenvalue weighted by molar-refractivity contribution is -0.115. The van der Waals surface area contributed by atoms with Crippen LogP contribution in [0.1, 0.15) is 27.0 Å². The highest BCUT2D eigenvalue weighted by Crippen LogP contribution is 2.34. The first-order chi connectivity index (χ1) is 16.9. The smallest absolute Gasteiger partial charge is 0.251 e. The van der Waals surface area contributed by atoms with Crippen LogP contribution in [0.2, 0.25) is 5.02 Å². The topological polar surface area (TPSA) is 96.0 Å². The number of nitrogens with one attached hydrogen (secondary N) is 3. The average molecular weight is 484 g/mol. The first-order valence-electron chi connectivity index (χ1n) is 11.1. The molecule has 0 fully saturated rings. The van der Waals surface area contributed by atoms with Crippen LogP contribution in [-0.2, 0) is 17.8 Å². The predicted molar refractivity (Wildman–Crippen MR) is 137 cm³/mol. The third kappa shape index (κ3) is 5.15. The second kappa shape index (κ2) is 9.56. The molecule has 8 heteroatoms. The van der Waals surface area contributed by atoms with Crippen LogP contribution in [-0.4, -0.2) is 21.8 Å². The summed E-state index contributed by atoms with van der Waals surface area (Å²) in [4.78, 5) is 33.8. The van der Waals surface area contributed by atoms with Gasteiger partial charge >= 0.3 is 0 Å². The van der Waals surface area contributed by atoms with Crippen molar-refractivity contribution in [1.82, 2.24) is 15.3 Å². The zero-order chi connectivity index (χ0) is 24.4. The van der Waals surface area contributed by atoms with Crippen LogP contribution < -0.4 is 16.0 Å². The highest BCUT2D eigenvalue weighted by atomic mass is 35.5. The maximum atomic E-state index is 12.5. The molecule has 0 radical (unpaired) electrons. The normalized spacial score (nSPS) is 12.1. The van der Waals surface area contributed by atoms with E-state index in [1.54, 1.807) is 42.6 Å². The summed E-state index contributed by atoms with van der Waals surface area (Å²) in [5.74, 6) is 0.0919. The van der Waals surface area contributed by atoms with E-state index < -0.39 is 0 Å². The summed E-state index contributed by atoms with van der Waals surface area (Å²) >= 11 is 6.11. The number of hydrogen-bond donors (Lipinski definition) is 3. The Balaban J connectivity index is 1.30. The molecular weight excluding hydrogens is 462 g/mol. The zero-order valence-corrected chi connectivity index (χ0v) is 19.7. The first-order valence-corrected chi connectivity index (χ1v) is 11.5. The molecule has 4 aromatic rings. The molecule has 1 aromatic heterocycles. The van der Waals surface area contributed by atoms with E-state index in [1.807, 2.05) is 37.3 Å². The number of hydrogen-bond acceptors (Lipinski definition) is 5. The lowest BCUT2D eigenvalue weighted by atomic mass is 10.1. The van der Waals surface area contributed by atoms with E-state index >= 15 is 0 Å². The quantitative estimate of drug-likeness (QED) is 0.359. The molecule has 35 heavy (non-hydrogen) atoms. The standard InChI is InChI=1S/C27H22ClN5O2/c1-16-2-4-17(5-3-16)14-29-26(35)18-6-9-21(10-7-18)31-27-30-15-19-12-24(34)32-23-13-20(28)8-11-22(23)25(19)33-27/h2-11,13,15H,12,14H2,1H3,(H,29,35)(H,32,34)(H,30,31,33). The molecule has 7 nitrogen and oxygen atoms in total. The fraction of sp³-hybridized carbons (Fsp3) is 0.111. The van der Waals surface area contributed by atoms with Crippen molar-refractivity contribution in [3.63, 3.8) is 0 Å². The van der Waals surface area contributed by atoms with Gasteiger partial charge in [-0.3, -0.25) is 9.59 Å². The number of amides is 2. The number of carbonyl (C=O) groups is 2. The highest BCUT2D eigenvalue weighted by Gasteiger charge is 2.21. The summed E-state index contributed by atoms with van der Waals surface area (Å²) in [5.41, 5.74) is 6.31. The Hall–Kier alpha value is -4.23. The summed E-state index contributed by atoms with van der Waals surface area (Å²) in [6, 6.07) is 20.5. The number of rotatable bonds is 5. The summed E-state index contributed by atoms with van der Waals surface area (Å²) in [6.45, 7) is 2.49. The van der Waals surface area contributed by atoms with E-state index in [0.29, 0.717) is 34.5 Å². The van der Waals surface area contributed by atoms with E-state index in [2.05, 4.69) is 25.9 Å². The van der Waals surface area contributed by atoms with Gasteiger partial charge in [-0.2, -0.15) is 0 Å². The van der Waals surface area contributed by atoms with Gasteiger partial charge in [0.05, 0.1) is 17.8 Å². The lowest BCUT2D eigenvalue weighted by Crippen LogP contribution is -2.22. The summed E-state index contributed by atoms with van der Waals surface area (Å²) in [6.07, 6.45) is 1.83. The minimum absolute atomic E-state index is 0.146. The molecule has 1 aliphatic heterocycles. The van der Waals surface area contributed by atoms with Crippen molar-refractivity contribution in [2.75, 3.05) is 10.6 Å². The predicted octanol–water partition coefficient (Wildman–Crippen LogP) is 5.27. The lowest BCUT2D eigenvalue weighted by Gasteiger charge is -2.11. The van der Waals surface area contributed by atoms with Crippen molar-refractivity contribution < 1.29 is 9.59 Å². The number of aromatic nitrogens is 2. The molecule has 2 heterocycles. The summed E-state index contributed by atoms with van der Waals surface area (Å²) in [5, 5.41) is 9.51.